The molecule has 5 aromatic rings. The molecule has 2 aromatic heterocycles. The molecule has 3 heterocycles. The third-order valence-corrected chi connectivity index (χ3v) is 9.41. The number of amides is 1. The highest BCUT2D eigenvalue weighted by atomic mass is 32.2. The van der Waals surface area contributed by atoms with Gasteiger partial charge in [0.1, 0.15) is 17.1 Å². The number of nitrogens with zero attached hydrogens (tertiary/aromatic N) is 6. The molecule has 2 N–H and O–H groups in total. The van der Waals surface area contributed by atoms with Crippen molar-refractivity contribution < 1.29 is 22.7 Å². The summed E-state index contributed by atoms with van der Waals surface area (Å²) in [5.74, 6) is 1.63. The first-order valence-electron chi connectivity index (χ1n) is 14.2. The van der Waals surface area contributed by atoms with Crippen LogP contribution in [0.4, 0.5) is 29.1 Å². The van der Waals surface area contributed by atoms with Gasteiger partial charge in [0.15, 0.2) is 0 Å². The van der Waals surface area contributed by atoms with Gasteiger partial charge in [0.05, 0.1) is 36.4 Å². The first-order valence-corrected chi connectivity index (χ1v) is 15.6. The van der Waals surface area contributed by atoms with E-state index in [1.807, 2.05) is 41.8 Å². The largest absolute Gasteiger partial charge is 0.497 e. The molecule has 6 rings (SSSR count). The maximum Gasteiger partial charge on any atom is 0.257 e. The summed E-state index contributed by atoms with van der Waals surface area (Å²) in [7, 11) is 1.61. The highest BCUT2D eigenvalue weighted by Gasteiger charge is 2.26. The molecule has 0 bridgehead atoms. The Labute approximate surface area is 260 Å². The van der Waals surface area contributed by atoms with Crippen molar-refractivity contribution in [2.75, 3.05) is 56.0 Å². The summed E-state index contributed by atoms with van der Waals surface area (Å²) in [5.41, 5.74) is 3.26. The van der Waals surface area contributed by atoms with E-state index < -0.39 is 10.0 Å². The van der Waals surface area contributed by atoms with Crippen molar-refractivity contribution in [1.82, 2.24) is 23.8 Å². The molecule has 1 fully saturated rings. The Balaban J connectivity index is 1.23. The minimum atomic E-state index is -3.66. The lowest BCUT2D eigenvalue weighted by Gasteiger charge is -2.26. The van der Waals surface area contributed by atoms with Gasteiger partial charge >= 0.3 is 0 Å². The van der Waals surface area contributed by atoms with Crippen LogP contribution >= 0.6 is 0 Å². The lowest BCUT2D eigenvalue weighted by Crippen LogP contribution is -2.40. The standard InChI is InChI=1S/C31H32N8O5S/c1-37(25-8-5-9-26-28(25)35-31(38(26)2)36-29(40)21-10-12-23(43-3)13-11-21)27-14-15-32-30(34-27)33-22-6-4-7-24(20-22)45(41,42)39-16-18-44-19-17-39/h4-15,20H,16-19H2,1-3H3,(H,32,33,34)(H,35,36,40). The number of benzene rings is 3. The van der Waals surface area contributed by atoms with E-state index in [1.54, 1.807) is 67.9 Å². The molecule has 1 aliphatic heterocycles. The number of methoxy groups -OCH3 is 1. The monoisotopic (exact) mass is 628 g/mol. The molecule has 13 nitrogen and oxygen atoms in total. The number of sulfonamides is 1. The van der Waals surface area contributed by atoms with Crippen LogP contribution in [0.2, 0.25) is 0 Å². The zero-order valence-electron chi connectivity index (χ0n) is 25.0. The lowest BCUT2D eigenvalue weighted by atomic mass is 10.2. The Bertz CT molecular complexity index is 1960. The number of para-hydroxylation sites is 1. The maximum absolute atomic E-state index is 13.1. The minimum absolute atomic E-state index is 0.180. The van der Waals surface area contributed by atoms with Crippen molar-refractivity contribution in [2.24, 2.45) is 7.05 Å². The summed E-state index contributed by atoms with van der Waals surface area (Å²) in [5, 5.41) is 6.03. The second-order valence-corrected chi connectivity index (χ2v) is 12.2. The van der Waals surface area contributed by atoms with Gasteiger partial charge in [-0.15, -0.1) is 0 Å². The molecule has 0 spiro atoms. The third kappa shape index (κ3) is 6.16. The van der Waals surface area contributed by atoms with Crippen molar-refractivity contribution in [3.05, 3.63) is 84.6 Å². The number of aryl methyl sites for hydroxylation is 1. The molecule has 0 unspecified atom stereocenters. The minimum Gasteiger partial charge on any atom is -0.497 e. The average molecular weight is 629 g/mol. The van der Waals surface area contributed by atoms with Gasteiger partial charge in [-0.3, -0.25) is 10.1 Å². The zero-order chi connectivity index (χ0) is 31.6. The van der Waals surface area contributed by atoms with Gasteiger partial charge in [-0.25, -0.2) is 18.4 Å². The smallest absolute Gasteiger partial charge is 0.257 e. The normalized spacial score (nSPS) is 13.8. The molecule has 0 radical (unpaired) electrons. The first kappa shape index (κ1) is 30.0. The van der Waals surface area contributed by atoms with E-state index in [-0.39, 0.29) is 10.8 Å². The zero-order valence-corrected chi connectivity index (χ0v) is 25.8. The van der Waals surface area contributed by atoms with E-state index in [2.05, 4.69) is 20.6 Å². The first-order chi connectivity index (χ1) is 21.7. The van der Waals surface area contributed by atoms with E-state index >= 15 is 0 Å². The summed E-state index contributed by atoms with van der Waals surface area (Å²) in [6, 6.07) is 20.9. The Kier molecular flexibility index (Phi) is 8.34. The molecule has 0 atom stereocenters. The van der Waals surface area contributed by atoms with E-state index in [0.717, 1.165) is 11.2 Å². The van der Waals surface area contributed by atoms with Crippen molar-refractivity contribution in [1.29, 1.82) is 0 Å². The number of ether oxygens (including phenoxy) is 2. The van der Waals surface area contributed by atoms with Crippen LogP contribution < -0.4 is 20.3 Å². The van der Waals surface area contributed by atoms with Crippen molar-refractivity contribution in [3.8, 4) is 5.75 Å². The van der Waals surface area contributed by atoms with E-state index in [4.69, 9.17) is 14.5 Å². The predicted molar refractivity (Wildman–Crippen MR) is 171 cm³/mol. The number of aromatic nitrogens is 4. The predicted octanol–water partition coefficient (Wildman–Crippen LogP) is 4.16. The van der Waals surface area contributed by atoms with Crippen LogP contribution in [0.1, 0.15) is 10.4 Å². The highest BCUT2D eigenvalue weighted by molar-refractivity contribution is 7.89. The van der Waals surface area contributed by atoms with E-state index in [0.29, 0.717) is 66.5 Å². The fourth-order valence-electron chi connectivity index (χ4n) is 5.02. The van der Waals surface area contributed by atoms with Gasteiger partial charge in [0, 0.05) is 44.6 Å². The summed E-state index contributed by atoms with van der Waals surface area (Å²) in [4.78, 5) is 28.8. The van der Waals surface area contributed by atoms with Crippen LogP contribution in [-0.2, 0) is 21.8 Å². The van der Waals surface area contributed by atoms with Gasteiger partial charge in [-0.2, -0.15) is 9.29 Å². The van der Waals surface area contributed by atoms with Crippen LogP contribution in [0.5, 0.6) is 5.75 Å². The summed E-state index contributed by atoms with van der Waals surface area (Å²) < 4.78 is 40.0. The van der Waals surface area contributed by atoms with Gasteiger partial charge in [-0.05, 0) is 60.7 Å². The third-order valence-electron chi connectivity index (χ3n) is 7.51. The van der Waals surface area contributed by atoms with Gasteiger partial charge in [-0.1, -0.05) is 12.1 Å². The number of hydrogen-bond acceptors (Lipinski definition) is 10. The number of hydrogen-bond donors (Lipinski definition) is 2. The number of carbonyl (C=O) groups excluding carboxylic acids is 1. The van der Waals surface area contributed by atoms with Crippen molar-refractivity contribution in [3.63, 3.8) is 0 Å². The van der Waals surface area contributed by atoms with Gasteiger partial charge < -0.3 is 24.3 Å². The molecule has 1 saturated heterocycles. The molecular weight excluding hydrogens is 596 g/mol. The van der Waals surface area contributed by atoms with Crippen LogP contribution in [0.3, 0.4) is 0 Å². The number of morpholine rings is 1. The van der Waals surface area contributed by atoms with Crippen LogP contribution in [0.25, 0.3) is 11.0 Å². The number of anilines is 5. The average Bonchev–Trinajstić information content (AvgIpc) is 3.39. The Morgan fingerprint density at radius 3 is 2.51 bits per heavy atom. The SMILES string of the molecule is COc1ccc(C(=O)Nc2nc3c(N(C)c4ccnc(Nc5cccc(S(=O)(=O)N6CCOCC6)c5)n4)cccc3n2C)cc1. The molecule has 0 saturated carbocycles. The number of carbonyl (C=O) groups is 1. The van der Waals surface area contributed by atoms with Crippen LogP contribution in [0, 0.1) is 0 Å². The molecule has 3 aromatic carbocycles. The molecule has 1 amide bonds. The Morgan fingerprint density at radius 1 is 1.00 bits per heavy atom. The second kappa shape index (κ2) is 12.5. The number of imidazole rings is 1. The summed E-state index contributed by atoms with van der Waals surface area (Å²) in [6.07, 6.45) is 1.62. The van der Waals surface area contributed by atoms with E-state index in [9.17, 15) is 13.2 Å². The quantitative estimate of drug-likeness (QED) is 0.244. The van der Waals surface area contributed by atoms with Crippen LogP contribution in [0.15, 0.2) is 83.9 Å². The van der Waals surface area contributed by atoms with Gasteiger partial charge in [0.2, 0.25) is 21.9 Å². The number of nitrogens with one attached hydrogen (secondary N) is 2. The maximum atomic E-state index is 13.1. The molecule has 45 heavy (non-hydrogen) atoms. The molecular formula is C31H32N8O5S. The fraction of sp³-hybridized carbons (Fsp3) is 0.226. The summed E-state index contributed by atoms with van der Waals surface area (Å²) in [6.45, 7) is 1.38. The fourth-order valence-corrected chi connectivity index (χ4v) is 6.47. The van der Waals surface area contributed by atoms with E-state index in [1.165, 1.54) is 4.31 Å². The molecule has 14 heteroatoms. The lowest BCUT2D eigenvalue weighted by molar-refractivity contribution is 0.0730. The molecule has 232 valence electrons. The topological polar surface area (TPSA) is 144 Å². The number of fused-ring (bicyclic) bond motifs is 1. The second-order valence-electron chi connectivity index (χ2n) is 10.3. The Morgan fingerprint density at radius 2 is 1.76 bits per heavy atom. The molecule has 1 aliphatic rings. The summed E-state index contributed by atoms with van der Waals surface area (Å²) >= 11 is 0. The van der Waals surface area contributed by atoms with Crippen molar-refractivity contribution in [2.45, 2.75) is 4.90 Å². The molecule has 0 aliphatic carbocycles. The Hall–Kier alpha value is -5.05. The van der Waals surface area contributed by atoms with Crippen LogP contribution in [-0.4, -0.2) is 78.6 Å². The highest BCUT2D eigenvalue weighted by Crippen LogP contribution is 2.32. The number of rotatable bonds is 9. The van der Waals surface area contributed by atoms with Crippen molar-refractivity contribution >= 4 is 56.1 Å². The van der Waals surface area contributed by atoms with Gasteiger partial charge in [0.25, 0.3) is 5.91 Å².